The van der Waals surface area contributed by atoms with Gasteiger partial charge in [-0.2, -0.15) is 0 Å². The van der Waals surface area contributed by atoms with Gasteiger partial charge in [0.15, 0.2) is 0 Å². The summed E-state index contributed by atoms with van der Waals surface area (Å²) in [5.41, 5.74) is 0.506. The molecule has 5 heteroatoms. The van der Waals surface area contributed by atoms with Crippen molar-refractivity contribution in [3.63, 3.8) is 0 Å². The largest absolute Gasteiger partial charge is 0.466 e. The van der Waals surface area contributed by atoms with Gasteiger partial charge in [-0.3, -0.25) is 4.79 Å². The molecule has 0 aliphatic carbocycles. The summed E-state index contributed by atoms with van der Waals surface area (Å²) in [5, 5.41) is 0. The number of piperidine rings is 1. The molecule has 0 radical (unpaired) electrons. The van der Waals surface area contributed by atoms with Crippen molar-refractivity contribution in [1.82, 2.24) is 4.90 Å². The zero-order valence-electron chi connectivity index (χ0n) is 13.9. The molecule has 1 aliphatic rings. The van der Waals surface area contributed by atoms with Gasteiger partial charge in [-0.25, -0.2) is 4.79 Å². The van der Waals surface area contributed by atoms with Crippen molar-refractivity contribution in [2.75, 3.05) is 26.2 Å². The molecule has 1 saturated heterocycles. The van der Waals surface area contributed by atoms with Gasteiger partial charge in [0.05, 0.1) is 12.2 Å². The molecule has 0 spiro atoms. The first-order valence-corrected chi connectivity index (χ1v) is 8.30. The van der Waals surface area contributed by atoms with E-state index in [2.05, 4.69) is 11.8 Å². The molecule has 126 valence electrons. The van der Waals surface area contributed by atoms with Crippen molar-refractivity contribution in [1.29, 1.82) is 0 Å². The summed E-state index contributed by atoms with van der Waals surface area (Å²) in [6.45, 7) is 6.59. The van der Waals surface area contributed by atoms with Crippen LogP contribution in [0.2, 0.25) is 0 Å². The third kappa shape index (κ3) is 4.79. The van der Waals surface area contributed by atoms with Gasteiger partial charge < -0.3 is 14.4 Å². The maximum absolute atomic E-state index is 12.3. The molecule has 0 amide bonds. The molecule has 5 nitrogen and oxygen atoms in total. The maximum atomic E-state index is 12.3. The Labute approximate surface area is 137 Å². The van der Waals surface area contributed by atoms with Crippen LogP contribution in [0, 0.1) is 5.92 Å². The normalized spacial score (nSPS) is 21.7. The lowest BCUT2D eigenvalue weighted by Gasteiger charge is -2.36. The van der Waals surface area contributed by atoms with Crippen LogP contribution < -0.4 is 0 Å². The molecule has 0 aromatic heterocycles. The Bertz CT molecular complexity index is 517. The molecular weight excluding hydrogens is 294 g/mol. The standard InChI is InChI=1S/C18H25NO4/c1-3-11-19-12-10-16(15(13-19)18(21)22-4-2)23-17(20)14-8-6-5-7-9-14/h5-9,15-16H,3-4,10-13H2,1-2H3/t15-,16-/m1/s1. The van der Waals surface area contributed by atoms with Crippen LogP contribution in [0.15, 0.2) is 30.3 Å². The average Bonchev–Trinajstić information content (AvgIpc) is 2.57. The van der Waals surface area contributed by atoms with Crippen molar-refractivity contribution in [3.05, 3.63) is 35.9 Å². The lowest BCUT2D eigenvalue weighted by atomic mass is 9.94. The minimum Gasteiger partial charge on any atom is -0.466 e. The van der Waals surface area contributed by atoms with Crippen molar-refractivity contribution >= 4 is 11.9 Å². The molecule has 0 bridgehead atoms. The fourth-order valence-corrected chi connectivity index (χ4v) is 2.91. The van der Waals surface area contributed by atoms with Crippen molar-refractivity contribution in [3.8, 4) is 0 Å². The van der Waals surface area contributed by atoms with Crippen molar-refractivity contribution in [2.45, 2.75) is 32.8 Å². The van der Waals surface area contributed by atoms with E-state index < -0.39 is 12.0 Å². The summed E-state index contributed by atoms with van der Waals surface area (Å²) in [4.78, 5) is 26.7. The molecule has 0 saturated carbocycles. The van der Waals surface area contributed by atoms with Gasteiger partial charge in [0.25, 0.3) is 0 Å². The van der Waals surface area contributed by atoms with E-state index in [4.69, 9.17) is 9.47 Å². The fraction of sp³-hybridized carbons (Fsp3) is 0.556. The van der Waals surface area contributed by atoms with Gasteiger partial charge in [0.2, 0.25) is 0 Å². The zero-order valence-corrected chi connectivity index (χ0v) is 13.9. The number of likely N-dealkylation sites (tertiary alicyclic amines) is 1. The molecule has 2 atom stereocenters. The van der Waals surface area contributed by atoms with Gasteiger partial charge in [0, 0.05) is 13.1 Å². The van der Waals surface area contributed by atoms with Gasteiger partial charge >= 0.3 is 11.9 Å². The molecule has 2 rings (SSSR count). The van der Waals surface area contributed by atoms with E-state index in [-0.39, 0.29) is 11.9 Å². The first-order valence-electron chi connectivity index (χ1n) is 8.30. The van der Waals surface area contributed by atoms with Crippen LogP contribution in [-0.2, 0) is 14.3 Å². The van der Waals surface area contributed by atoms with E-state index >= 15 is 0 Å². The number of carbonyl (C=O) groups excluding carboxylic acids is 2. The Balaban J connectivity index is 2.05. The van der Waals surface area contributed by atoms with Crippen LogP contribution in [0.25, 0.3) is 0 Å². The topological polar surface area (TPSA) is 55.8 Å². The summed E-state index contributed by atoms with van der Waals surface area (Å²) in [7, 11) is 0. The van der Waals surface area contributed by atoms with Crippen molar-refractivity contribution in [2.24, 2.45) is 5.92 Å². The maximum Gasteiger partial charge on any atom is 0.338 e. The van der Waals surface area contributed by atoms with Crippen molar-refractivity contribution < 1.29 is 19.1 Å². The van der Waals surface area contributed by atoms with E-state index in [1.165, 1.54) is 0 Å². The highest BCUT2D eigenvalue weighted by Crippen LogP contribution is 2.23. The third-order valence-corrected chi connectivity index (χ3v) is 4.03. The second-order valence-electron chi connectivity index (χ2n) is 5.76. The second kappa shape index (κ2) is 8.67. The molecule has 1 aliphatic heterocycles. The lowest BCUT2D eigenvalue weighted by molar-refractivity contribution is -0.155. The molecule has 1 fully saturated rings. The summed E-state index contributed by atoms with van der Waals surface area (Å²) < 4.78 is 10.8. The fourth-order valence-electron chi connectivity index (χ4n) is 2.91. The van der Waals surface area contributed by atoms with E-state index in [0.717, 1.165) is 19.5 Å². The van der Waals surface area contributed by atoms with E-state index in [0.29, 0.717) is 25.1 Å². The Kier molecular flexibility index (Phi) is 6.59. The molecule has 0 unspecified atom stereocenters. The Morgan fingerprint density at radius 3 is 2.61 bits per heavy atom. The smallest absolute Gasteiger partial charge is 0.338 e. The number of hydrogen-bond acceptors (Lipinski definition) is 5. The number of esters is 2. The summed E-state index contributed by atoms with van der Waals surface area (Å²) in [6, 6.07) is 8.87. The van der Waals surface area contributed by atoms with Gasteiger partial charge in [-0.15, -0.1) is 0 Å². The highest BCUT2D eigenvalue weighted by Gasteiger charge is 2.37. The third-order valence-electron chi connectivity index (χ3n) is 4.03. The van der Waals surface area contributed by atoms with Crippen LogP contribution in [-0.4, -0.2) is 49.2 Å². The number of benzene rings is 1. The van der Waals surface area contributed by atoms with Crippen LogP contribution in [0.3, 0.4) is 0 Å². The number of carbonyl (C=O) groups is 2. The Morgan fingerprint density at radius 1 is 1.22 bits per heavy atom. The Hall–Kier alpha value is -1.88. The molecule has 1 aromatic carbocycles. The molecule has 1 aromatic rings. The molecular formula is C18H25NO4. The van der Waals surface area contributed by atoms with E-state index in [9.17, 15) is 9.59 Å². The summed E-state index contributed by atoms with van der Waals surface area (Å²) >= 11 is 0. The predicted molar refractivity (Wildman–Crippen MR) is 87.1 cm³/mol. The van der Waals surface area contributed by atoms with Crippen LogP contribution in [0.5, 0.6) is 0 Å². The summed E-state index contributed by atoms with van der Waals surface area (Å²) in [6.07, 6.45) is 1.27. The minimum atomic E-state index is -0.421. The lowest BCUT2D eigenvalue weighted by Crippen LogP contribution is -2.48. The minimum absolute atomic E-state index is 0.279. The average molecular weight is 319 g/mol. The van der Waals surface area contributed by atoms with E-state index in [1.807, 2.05) is 6.07 Å². The van der Waals surface area contributed by atoms with E-state index in [1.54, 1.807) is 31.2 Å². The number of rotatable bonds is 6. The zero-order chi connectivity index (χ0) is 16.7. The highest BCUT2D eigenvalue weighted by molar-refractivity contribution is 5.89. The Morgan fingerprint density at radius 2 is 1.96 bits per heavy atom. The van der Waals surface area contributed by atoms with Crippen LogP contribution in [0.1, 0.15) is 37.0 Å². The predicted octanol–water partition coefficient (Wildman–Crippen LogP) is 2.51. The number of nitrogens with zero attached hydrogens (tertiary/aromatic N) is 1. The van der Waals surface area contributed by atoms with Gasteiger partial charge in [0.1, 0.15) is 12.0 Å². The monoisotopic (exact) mass is 319 g/mol. The van der Waals surface area contributed by atoms with Crippen LogP contribution >= 0.6 is 0 Å². The molecule has 1 heterocycles. The van der Waals surface area contributed by atoms with Gasteiger partial charge in [-0.05, 0) is 38.4 Å². The molecule has 23 heavy (non-hydrogen) atoms. The first kappa shape index (κ1) is 17.5. The SMILES string of the molecule is CCCN1CC[C@@H](OC(=O)c2ccccc2)[C@H](C(=O)OCC)C1. The number of ether oxygens (including phenoxy) is 2. The first-order chi connectivity index (χ1) is 11.2. The number of hydrogen-bond donors (Lipinski definition) is 0. The highest BCUT2D eigenvalue weighted by atomic mass is 16.6. The second-order valence-corrected chi connectivity index (χ2v) is 5.76. The van der Waals surface area contributed by atoms with Crippen LogP contribution in [0.4, 0.5) is 0 Å². The quantitative estimate of drug-likeness (QED) is 0.754. The van der Waals surface area contributed by atoms with Gasteiger partial charge in [-0.1, -0.05) is 25.1 Å². The summed E-state index contributed by atoms with van der Waals surface area (Å²) in [5.74, 6) is -1.07. The molecule has 0 N–H and O–H groups in total.